The number of sulfonamides is 1. The summed E-state index contributed by atoms with van der Waals surface area (Å²) in [6, 6.07) is 4.12. The minimum absolute atomic E-state index is 0.0499. The molecule has 0 atom stereocenters. The van der Waals surface area contributed by atoms with Crippen LogP contribution in [0.2, 0.25) is 0 Å². The maximum Gasteiger partial charge on any atom is 0.248 e. The van der Waals surface area contributed by atoms with Crippen LogP contribution in [-0.2, 0) is 20.6 Å². The zero-order chi connectivity index (χ0) is 17.3. The molecule has 0 aromatic heterocycles. The van der Waals surface area contributed by atoms with Gasteiger partial charge in [0.2, 0.25) is 21.9 Å². The second kappa shape index (κ2) is 6.51. The van der Waals surface area contributed by atoms with Crippen LogP contribution in [0, 0.1) is 18.7 Å². The van der Waals surface area contributed by atoms with Gasteiger partial charge in [-0.3, -0.25) is 9.52 Å². The van der Waals surface area contributed by atoms with Gasteiger partial charge in [0.15, 0.2) is 0 Å². The first-order valence-corrected chi connectivity index (χ1v) is 8.90. The summed E-state index contributed by atoms with van der Waals surface area (Å²) < 4.78 is 65.6. The molecule has 1 N–H and O–H groups in total. The lowest BCUT2D eigenvalue weighted by molar-refractivity contribution is -0.127. The van der Waals surface area contributed by atoms with Crippen molar-refractivity contribution < 1.29 is 26.4 Å². The third-order valence-electron chi connectivity index (χ3n) is 3.90. The Kier molecular flexibility index (Phi) is 5.03. The van der Waals surface area contributed by atoms with E-state index in [1.807, 2.05) is 4.72 Å². The van der Waals surface area contributed by atoms with Crippen molar-refractivity contribution >= 4 is 15.9 Å². The minimum atomic E-state index is -4.07. The number of carbonyl (C=O) groups is 1. The van der Waals surface area contributed by atoms with Crippen LogP contribution in [-0.4, -0.2) is 20.2 Å². The van der Waals surface area contributed by atoms with Gasteiger partial charge in [0.05, 0.1) is 5.75 Å². The summed E-state index contributed by atoms with van der Waals surface area (Å²) in [4.78, 5) is 11.9. The fourth-order valence-corrected chi connectivity index (χ4v) is 3.74. The van der Waals surface area contributed by atoms with Crippen LogP contribution < -0.4 is 4.72 Å². The van der Waals surface area contributed by atoms with Crippen molar-refractivity contribution in [3.8, 4) is 0 Å². The van der Waals surface area contributed by atoms with Gasteiger partial charge in [-0.05, 0) is 31.4 Å². The molecule has 0 heterocycles. The van der Waals surface area contributed by atoms with Gasteiger partial charge in [0.25, 0.3) is 0 Å². The molecule has 128 valence electrons. The number of hydrogen-bond acceptors (Lipinski definition) is 3. The Balaban J connectivity index is 1.99. The fraction of sp³-hybridized carbons (Fsp3) is 0.533. The maximum atomic E-state index is 13.7. The molecule has 0 unspecified atom stereocenters. The highest BCUT2D eigenvalue weighted by atomic mass is 32.2. The molecular formula is C15H18F3NO3S. The van der Waals surface area contributed by atoms with E-state index in [9.17, 15) is 26.4 Å². The van der Waals surface area contributed by atoms with Crippen LogP contribution in [0.25, 0.3) is 0 Å². The lowest BCUT2D eigenvalue weighted by Crippen LogP contribution is -2.39. The van der Waals surface area contributed by atoms with Crippen LogP contribution >= 0.6 is 0 Å². The molecule has 8 heteroatoms. The number of rotatable bonds is 4. The topological polar surface area (TPSA) is 63.2 Å². The molecule has 1 aliphatic rings. The highest BCUT2D eigenvalue weighted by Gasteiger charge is 2.38. The molecule has 0 saturated heterocycles. The first kappa shape index (κ1) is 17.8. The lowest BCUT2D eigenvalue weighted by atomic mass is 9.86. The van der Waals surface area contributed by atoms with Gasteiger partial charge in [-0.25, -0.2) is 21.6 Å². The number of benzene rings is 1. The Labute approximate surface area is 133 Å². The standard InChI is InChI=1S/C15H18F3NO3S/c1-10-2-3-12(13(16)8-10)9-23(21,22)19-14(20)11-4-6-15(17,18)7-5-11/h2-3,8,11H,4-7,9H2,1H3,(H,19,20). The minimum Gasteiger partial charge on any atom is -0.274 e. The largest absolute Gasteiger partial charge is 0.274 e. The summed E-state index contributed by atoms with van der Waals surface area (Å²) in [5.41, 5.74) is 0.599. The van der Waals surface area contributed by atoms with E-state index < -0.39 is 52.2 Å². The van der Waals surface area contributed by atoms with Crippen molar-refractivity contribution in [2.24, 2.45) is 5.92 Å². The summed E-state index contributed by atoms with van der Waals surface area (Å²) in [7, 11) is -4.07. The Morgan fingerprint density at radius 1 is 1.30 bits per heavy atom. The van der Waals surface area contributed by atoms with Gasteiger partial charge >= 0.3 is 0 Å². The van der Waals surface area contributed by atoms with Crippen molar-refractivity contribution in [3.63, 3.8) is 0 Å². The molecule has 4 nitrogen and oxygen atoms in total. The molecule has 0 radical (unpaired) electrons. The second-order valence-corrected chi connectivity index (χ2v) is 7.67. The van der Waals surface area contributed by atoms with E-state index in [2.05, 4.69) is 0 Å². The molecule has 1 aromatic rings. The Hall–Kier alpha value is -1.57. The molecule has 23 heavy (non-hydrogen) atoms. The molecule has 1 amide bonds. The number of aryl methyl sites for hydroxylation is 1. The van der Waals surface area contributed by atoms with Crippen LogP contribution in [0.15, 0.2) is 18.2 Å². The number of hydrogen-bond donors (Lipinski definition) is 1. The molecule has 0 bridgehead atoms. The van der Waals surface area contributed by atoms with Crippen molar-refractivity contribution in [2.75, 3.05) is 0 Å². The van der Waals surface area contributed by atoms with Crippen molar-refractivity contribution in [1.82, 2.24) is 4.72 Å². The van der Waals surface area contributed by atoms with Gasteiger partial charge in [0.1, 0.15) is 5.82 Å². The smallest absolute Gasteiger partial charge is 0.248 e. The Bertz CT molecular complexity index is 694. The van der Waals surface area contributed by atoms with Crippen LogP contribution in [0.5, 0.6) is 0 Å². The van der Waals surface area contributed by atoms with Crippen LogP contribution in [0.1, 0.15) is 36.8 Å². The van der Waals surface area contributed by atoms with Crippen LogP contribution in [0.3, 0.4) is 0 Å². The normalized spacial score (nSPS) is 18.6. The van der Waals surface area contributed by atoms with Gasteiger partial charge in [-0.2, -0.15) is 0 Å². The SMILES string of the molecule is Cc1ccc(CS(=O)(=O)NC(=O)C2CCC(F)(F)CC2)c(F)c1. The van der Waals surface area contributed by atoms with Gasteiger partial charge in [0, 0.05) is 24.3 Å². The summed E-state index contributed by atoms with van der Waals surface area (Å²) >= 11 is 0. The third-order valence-corrected chi connectivity index (χ3v) is 5.10. The number of nitrogens with one attached hydrogen (secondary N) is 1. The molecule has 2 rings (SSSR count). The highest BCUT2D eigenvalue weighted by Crippen LogP contribution is 2.36. The number of alkyl halides is 2. The highest BCUT2D eigenvalue weighted by molar-refractivity contribution is 7.89. The average Bonchev–Trinajstić information content (AvgIpc) is 2.41. The number of halogens is 3. The zero-order valence-electron chi connectivity index (χ0n) is 12.6. The van der Waals surface area contributed by atoms with Crippen molar-refractivity contribution in [1.29, 1.82) is 0 Å². The molecule has 0 spiro atoms. The van der Waals surface area contributed by atoms with Crippen LogP contribution in [0.4, 0.5) is 13.2 Å². The molecule has 1 aliphatic carbocycles. The average molecular weight is 349 g/mol. The first-order chi connectivity index (χ1) is 10.6. The molecule has 1 fully saturated rings. The van der Waals surface area contributed by atoms with Crippen molar-refractivity contribution in [2.45, 2.75) is 44.3 Å². The fourth-order valence-electron chi connectivity index (χ4n) is 2.55. The van der Waals surface area contributed by atoms with E-state index in [-0.39, 0.29) is 18.4 Å². The summed E-state index contributed by atoms with van der Waals surface area (Å²) in [6.45, 7) is 1.67. The van der Waals surface area contributed by atoms with Gasteiger partial charge in [-0.1, -0.05) is 12.1 Å². The van der Waals surface area contributed by atoms with E-state index in [4.69, 9.17) is 0 Å². The van der Waals surface area contributed by atoms with E-state index in [0.717, 1.165) is 0 Å². The predicted molar refractivity (Wildman–Crippen MR) is 78.8 cm³/mol. The molecule has 1 aromatic carbocycles. The number of amides is 1. The Morgan fingerprint density at radius 3 is 2.48 bits per heavy atom. The lowest BCUT2D eigenvalue weighted by Gasteiger charge is -2.27. The zero-order valence-corrected chi connectivity index (χ0v) is 13.4. The van der Waals surface area contributed by atoms with E-state index in [0.29, 0.717) is 5.56 Å². The summed E-state index contributed by atoms with van der Waals surface area (Å²) in [6.07, 6.45) is -0.990. The molecule has 0 aliphatic heterocycles. The maximum absolute atomic E-state index is 13.7. The first-order valence-electron chi connectivity index (χ1n) is 7.25. The quantitative estimate of drug-likeness (QED) is 0.909. The van der Waals surface area contributed by atoms with E-state index >= 15 is 0 Å². The third kappa shape index (κ3) is 4.95. The summed E-state index contributed by atoms with van der Waals surface area (Å²) in [5, 5.41) is 0. The number of carbonyl (C=O) groups excluding carboxylic acids is 1. The Morgan fingerprint density at radius 2 is 1.91 bits per heavy atom. The van der Waals surface area contributed by atoms with Gasteiger partial charge < -0.3 is 0 Å². The second-order valence-electron chi connectivity index (χ2n) is 5.95. The van der Waals surface area contributed by atoms with Gasteiger partial charge in [-0.15, -0.1) is 0 Å². The monoisotopic (exact) mass is 349 g/mol. The molecule has 1 saturated carbocycles. The van der Waals surface area contributed by atoms with E-state index in [1.165, 1.54) is 12.1 Å². The van der Waals surface area contributed by atoms with Crippen molar-refractivity contribution in [3.05, 3.63) is 35.1 Å². The molecular weight excluding hydrogens is 331 g/mol. The summed E-state index contributed by atoms with van der Waals surface area (Å²) in [5.74, 6) is -5.69. The van der Waals surface area contributed by atoms with E-state index in [1.54, 1.807) is 13.0 Å². The predicted octanol–water partition coefficient (Wildman–Crippen LogP) is 2.91.